The fourth-order valence-corrected chi connectivity index (χ4v) is 2.12. The standard InChI is InChI=1S/C14H16N2O3/c17-13(16-15-10-6-2-1-3-7-10)11-8-4-5-9-12(11)14(18)19/h1-7,11-12,15H,8-9H2,(H,16,17)(H,18,19)/t11-,12+/m1/s1. The summed E-state index contributed by atoms with van der Waals surface area (Å²) in [4.78, 5) is 23.1. The number of carbonyl (C=O) groups is 2. The molecule has 2 rings (SSSR count). The zero-order valence-electron chi connectivity index (χ0n) is 10.4. The second-order valence-electron chi connectivity index (χ2n) is 4.47. The van der Waals surface area contributed by atoms with E-state index in [1.807, 2.05) is 42.5 Å². The molecule has 1 aromatic carbocycles. The van der Waals surface area contributed by atoms with Gasteiger partial charge in [-0.05, 0) is 25.0 Å². The van der Waals surface area contributed by atoms with Gasteiger partial charge in [0.2, 0.25) is 5.91 Å². The average molecular weight is 260 g/mol. The largest absolute Gasteiger partial charge is 0.481 e. The van der Waals surface area contributed by atoms with Crippen LogP contribution in [-0.2, 0) is 9.59 Å². The first-order chi connectivity index (χ1) is 9.18. The van der Waals surface area contributed by atoms with Gasteiger partial charge in [0, 0.05) is 0 Å². The van der Waals surface area contributed by atoms with Crippen LogP contribution in [0.4, 0.5) is 5.69 Å². The van der Waals surface area contributed by atoms with E-state index in [9.17, 15) is 9.59 Å². The Labute approximate surface area is 111 Å². The van der Waals surface area contributed by atoms with Crippen molar-refractivity contribution in [3.63, 3.8) is 0 Å². The molecule has 1 amide bonds. The molecule has 100 valence electrons. The summed E-state index contributed by atoms with van der Waals surface area (Å²) in [6, 6.07) is 9.20. The van der Waals surface area contributed by atoms with Crippen molar-refractivity contribution in [3.8, 4) is 0 Å². The number of carboxylic acids is 1. The summed E-state index contributed by atoms with van der Waals surface area (Å²) >= 11 is 0. The van der Waals surface area contributed by atoms with E-state index in [2.05, 4.69) is 10.9 Å². The quantitative estimate of drug-likeness (QED) is 0.569. The van der Waals surface area contributed by atoms with Crippen molar-refractivity contribution >= 4 is 17.6 Å². The summed E-state index contributed by atoms with van der Waals surface area (Å²) < 4.78 is 0. The van der Waals surface area contributed by atoms with Crippen LogP contribution in [0.5, 0.6) is 0 Å². The fraction of sp³-hybridized carbons (Fsp3) is 0.286. The minimum absolute atomic E-state index is 0.291. The highest BCUT2D eigenvalue weighted by Gasteiger charge is 2.33. The van der Waals surface area contributed by atoms with Gasteiger partial charge in [-0.15, -0.1) is 0 Å². The van der Waals surface area contributed by atoms with Crippen LogP contribution in [0.25, 0.3) is 0 Å². The summed E-state index contributed by atoms with van der Waals surface area (Å²) in [5, 5.41) is 9.11. The molecule has 0 fully saturated rings. The Morgan fingerprint density at radius 3 is 2.32 bits per heavy atom. The van der Waals surface area contributed by atoms with Crippen LogP contribution in [0.15, 0.2) is 42.5 Å². The molecule has 0 aromatic heterocycles. The number of carboxylic acid groups (broad SMARTS) is 1. The van der Waals surface area contributed by atoms with Crippen molar-refractivity contribution in [3.05, 3.63) is 42.5 Å². The number of aliphatic carboxylic acids is 1. The molecule has 0 saturated carbocycles. The number of hydrogen-bond donors (Lipinski definition) is 3. The van der Waals surface area contributed by atoms with Gasteiger partial charge in [-0.3, -0.25) is 20.4 Å². The van der Waals surface area contributed by atoms with Crippen LogP contribution in [0, 0.1) is 11.8 Å². The molecular weight excluding hydrogens is 244 g/mol. The number of para-hydroxylation sites is 1. The van der Waals surface area contributed by atoms with E-state index in [-0.39, 0.29) is 5.91 Å². The summed E-state index contributed by atoms with van der Waals surface area (Å²) in [7, 11) is 0. The highest BCUT2D eigenvalue weighted by atomic mass is 16.4. The molecule has 5 heteroatoms. The van der Waals surface area contributed by atoms with Gasteiger partial charge in [-0.2, -0.15) is 0 Å². The second kappa shape index (κ2) is 6.04. The van der Waals surface area contributed by atoms with Crippen LogP contribution in [-0.4, -0.2) is 17.0 Å². The predicted molar refractivity (Wildman–Crippen MR) is 71.2 cm³/mol. The molecule has 0 radical (unpaired) electrons. The molecule has 0 bridgehead atoms. The molecule has 2 atom stereocenters. The lowest BCUT2D eigenvalue weighted by molar-refractivity contribution is -0.147. The maximum atomic E-state index is 12.0. The van der Waals surface area contributed by atoms with Crippen molar-refractivity contribution in [1.29, 1.82) is 0 Å². The molecule has 0 aliphatic heterocycles. The molecule has 5 nitrogen and oxygen atoms in total. The third-order valence-electron chi connectivity index (χ3n) is 3.19. The lowest BCUT2D eigenvalue weighted by Crippen LogP contribution is -2.41. The SMILES string of the molecule is O=C(O)[C@H]1CC=CC[C@H]1C(=O)NNc1ccccc1. The van der Waals surface area contributed by atoms with Crippen molar-refractivity contribution in [2.75, 3.05) is 5.43 Å². The van der Waals surface area contributed by atoms with E-state index in [1.165, 1.54) is 0 Å². The normalized spacial score (nSPS) is 21.7. The third kappa shape index (κ3) is 3.34. The molecule has 1 aromatic rings. The Morgan fingerprint density at radius 2 is 1.68 bits per heavy atom. The molecule has 3 N–H and O–H groups in total. The maximum Gasteiger partial charge on any atom is 0.307 e. The lowest BCUT2D eigenvalue weighted by Gasteiger charge is -2.24. The number of carbonyl (C=O) groups excluding carboxylic acids is 1. The van der Waals surface area contributed by atoms with E-state index in [0.717, 1.165) is 5.69 Å². The summed E-state index contributed by atoms with van der Waals surface area (Å²) in [6.07, 6.45) is 4.53. The average Bonchev–Trinajstić information content (AvgIpc) is 2.46. The first-order valence-electron chi connectivity index (χ1n) is 6.17. The van der Waals surface area contributed by atoms with E-state index in [4.69, 9.17) is 5.11 Å². The summed E-state index contributed by atoms with van der Waals surface area (Å²) in [5.74, 6) is -2.40. The zero-order valence-corrected chi connectivity index (χ0v) is 10.4. The molecule has 1 aliphatic rings. The van der Waals surface area contributed by atoms with Gasteiger partial charge >= 0.3 is 5.97 Å². The molecule has 0 heterocycles. The Balaban J connectivity index is 1.95. The Morgan fingerprint density at radius 1 is 1.05 bits per heavy atom. The second-order valence-corrected chi connectivity index (χ2v) is 4.47. The number of anilines is 1. The molecule has 0 unspecified atom stereocenters. The van der Waals surface area contributed by atoms with Crippen LogP contribution in [0.2, 0.25) is 0 Å². The van der Waals surface area contributed by atoms with E-state index < -0.39 is 17.8 Å². The first-order valence-corrected chi connectivity index (χ1v) is 6.17. The minimum atomic E-state index is -0.927. The Bertz CT molecular complexity index is 485. The number of benzene rings is 1. The van der Waals surface area contributed by atoms with Crippen LogP contribution >= 0.6 is 0 Å². The van der Waals surface area contributed by atoms with Gasteiger partial charge in [-0.25, -0.2) is 0 Å². The molecule has 0 spiro atoms. The van der Waals surface area contributed by atoms with E-state index in [0.29, 0.717) is 12.8 Å². The number of nitrogens with one attached hydrogen (secondary N) is 2. The molecule has 0 saturated heterocycles. The number of allylic oxidation sites excluding steroid dienone is 2. The molecule has 19 heavy (non-hydrogen) atoms. The van der Waals surface area contributed by atoms with Gasteiger partial charge in [0.1, 0.15) is 0 Å². The number of rotatable bonds is 4. The highest BCUT2D eigenvalue weighted by molar-refractivity contribution is 5.86. The zero-order chi connectivity index (χ0) is 13.7. The van der Waals surface area contributed by atoms with Crippen LogP contribution in [0.3, 0.4) is 0 Å². The van der Waals surface area contributed by atoms with Gasteiger partial charge in [-0.1, -0.05) is 30.4 Å². The van der Waals surface area contributed by atoms with Gasteiger partial charge in [0.05, 0.1) is 17.5 Å². The lowest BCUT2D eigenvalue weighted by atomic mass is 9.82. The van der Waals surface area contributed by atoms with Crippen LogP contribution in [0.1, 0.15) is 12.8 Å². The summed E-state index contributed by atoms with van der Waals surface area (Å²) in [6.45, 7) is 0. The Kier molecular flexibility index (Phi) is 4.18. The Hall–Kier alpha value is -2.30. The van der Waals surface area contributed by atoms with Crippen molar-refractivity contribution in [1.82, 2.24) is 5.43 Å². The summed E-state index contributed by atoms with van der Waals surface area (Å²) in [5.41, 5.74) is 6.11. The predicted octanol–water partition coefficient (Wildman–Crippen LogP) is 1.80. The van der Waals surface area contributed by atoms with E-state index >= 15 is 0 Å². The van der Waals surface area contributed by atoms with Gasteiger partial charge in [0.25, 0.3) is 0 Å². The fourth-order valence-electron chi connectivity index (χ4n) is 2.12. The maximum absolute atomic E-state index is 12.0. The number of amides is 1. The number of hydrazine groups is 1. The first kappa shape index (κ1) is 13.1. The van der Waals surface area contributed by atoms with Crippen molar-refractivity contribution in [2.24, 2.45) is 11.8 Å². The monoisotopic (exact) mass is 260 g/mol. The molecular formula is C14H16N2O3. The van der Waals surface area contributed by atoms with Gasteiger partial charge in [0.15, 0.2) is 0 Å². The van der Waals surface area contributed by atoms with Gasteiger partial charge < -0.3 is 5.11 Å². The van der Waals surface area contributed by atoms with E-state index in [1.54, 1.807) is 0 Å². The van der Waals surface area contributed by atoms with Crippen molar-refractivity contribution in [2.45, 2.75) is 12.8 Å². The third-order valence-corrected chi connectivity index (χ3v) is 3.19. The van der Waals surface area contributed by atoms with Crippen LogP contribution < -0.4 is 10.9 Å². The number of hydrogen-bond acceptors (Lipinski definition) is 3. The molecule has 1 aliphatic carbocycles. The highest BCUT2D eigenvalue weighted by Crippen LogP contribution is 2.25. The topological polar surface area (TPSA) is 78.4 Å². The van der Waals surface area contributed by atoms with Crippen molar-refractivity contribution < 1.29 is 14.7 Å². The minimum Gasteiger partial charge on any atom is -0.481 e. The smallest absolute Gasteiger partial charge is 0.307 e.